The molecule has 6 heteroatoms. The van der Waals surface area contributed by atoms with Gasteiger partial charge in [-0.1, -0.05) is 0 Å². The largest absolute Gasteiger partial charge is 0.481 e. The standard InChI is InChI=1S/C12H15N3O3/c1-8-10(6-13-7-14-8)11(16)15-4-2-9(3-5-15)12(17)18/h6-7,9H,2-5H2,1H3,(H,17,18). The third kappa shape index (κ3) is 2.47. The van der Waals surface area contributed by atoms with Crippen LogP contribution in [0.25, 0.3) is 0 Å². The number of rotatable bonds is 2. The molecule has 1 aliphatic heterocycles. The van der Waals surface area contributed by atoms with Gasteiger partial charge in [0, 0.05) is 19.3 Å². The number of carboxylic acids is 1. The van der Waals surface area contributed by atoms with Crippen molar-refractivity contribution in [2.24, 2.45) is 5.92 Å². The zero-order chi connectivity index (χ0) is 13.1. The molecule has 0 bridgehead atoms. The molecule has 1 aromatic rings. The quantitative estimate of drug-likeness (QED) is 0.835. The fourth-order valence-corrected chi connectivity index (χ4v) is 2.10. The van der Waals surface area contributed by atoms with E-state index in [9.17, 15) is 9.59 Å². The highest BCUT2D eigenvalue weighted by Gasteiger charge is 2.28. The molecule has 1 aromatic heterocycles. The second kappa shape index (κ2) is 5.12. The molecule has 0 aromatic carbocycles. The Labute approximate surface area is 105 Å². The van der Waals surface area contributed by atoms with Crippen molar-refractivity contribution >= 4 is 11.9 Å². The SMILES string of the molecule is Cc1ncncc1C(=O)N1CCC(C(=O)O)CC1. The highest BCUT2D eigenvalue weighted by atomic mass is 16.4. The summed E-state index contributed by atoms with van der Waals surface area (Å²) in [5, 5.41) is 8.90. The van der Waals surface area contributed by atoms with Crippen LogP contribution in [0.1, 0.15) is 28.9 Å². The lowest BCUT2D eigenvalue weighted by atomic mass is 9.96. The van der Waals surface area contributed by atoms with Crippen molar-refractivity contribution in [2.45, 2.75) is 19.8 Å². The smallest absolute Gasteiger partial charge is 0.306 e. The Balaban J connectivity index is 2.04. The second-order valence-electron chi connectivity index (χ2n) is 4.43. The predicted octanol–water partition coefficient (Wildman–Crippen LogP) is 0.722. The van der Waals surface area contributed by atoms with Crippen molar-refractivity contribution in [1.29, 1.82) is 0 Å². The molecule has 2 rings (SSSR count). The van der Waals surface area contributed by atoms with Crippen LogP contribution in [0.2, 0.25) is 0 Å². The summed E-state index contributed by atoms with van der Waals surface area (Å²) < 4.78 is 0. The first kappa shape index (κ1) is 12.5. The summed E-state index contributed by atoms with van der Waals surface area (Å²) in [6.45, 7) is 2.72. The van der Waals surface area contributed by atoms with Gasteiger partial charge in [-0.3, -0.25) is 9.59 Å². The van der Waals surface area contributed by atoms with Gasteiger partial charge < -0.3 is 10.0 Å². The molecule has 1 aliphatic rings. The van der Waals surface area contributed by atoms with Crippen LogP contribution in [-0.4, -0.2) is 44.9 Å². The summed E-state index contributed by atoms with van der Waals surface area (Å²) in [5.41, 5.74) is 1.14. The molecule has 96 valence electrons. The van der Waals surface area contributed by atoms with Crippen molar-refractivity contribution in [3.8, 4) is 0 Å². The summed E-state index contributed by atoms with van der Waals surface area (Å²) in [6.07, 6.45) is 3.93. The molecule has 1 fully saturated rings. The van der Waals surface area contributed by atoms with E-state index in [-0.39, 0.29) is 11.8 Å². The number of carbonyl (C=O) groups is 2. The lowest BCUT2D eigenvalue weighted by Crippen LogP contribution is -2.40. The molecule has 1 amide bonds. The van der Waals surface area contributed by atoms with Gasteiger partial charge in [-0.15, -0.1) is 0 Å². The monoisotopic (exact) mass is 249 g/mol. The average Bonchev–Trinajstić information content (AvgIpc) is 2.38. The number of likely N-dealkylation sites (tertiary alicyclic amines) is 1. The van der Waals surface area contributed by atoms with E-state index in [4.69, 9.17) is 5.11 Å². The first-order valence-corrected chi connectivity index (χ1v) is 5.88. The number of amides is 1. The highest BCUT2D eigenvalue weighted by Crippen LogP contribution is 2.19. The van der Waals surface area contributed by atoms with E-state index >= 15 is 0 Å². The lowest BCUT2D eigenvalue weighted by Gasteiger charge is -2.30. The molecule has 0 saturated carbocycles. The van der Waals surface area contributed by atoms with Crippen LogP contribution in [0.15, 0.2) is 12.5 Å². The van der Waals surface area contributed by atoms with Crippen LogP contribution in [0.3, 0.4) is 0 Å². The first-order valence-electron chi connectivity index (χ1n) is 5.88. The third-order valence-electron chi connectivity index (χ3n) is 3.27. The Hall–Kier alpha value is -1.98. The molecular formula is C12H15N3O3. The normalized spacial score (nSPS) is 16.6. The Bertz CT molecular complexity index is 467. The van der Waals surface area contributed by atoms with E-state index in [0.717, 1.165) is 0 Å². The number of nitrogens with zero attached hydrogens (tertiary/aromatic N) is 3. The Kier molecular flexibility index (Phi) is 3.55. The van der Waals surface area contributed by atoms with Crippen LogP contribution in [0.4, 0.5) is 0 Å². The van der Waals surface area contributed by atoms with Gasteiger partial charge in [0.1, 0.15) is 6.33 Å². The summed E-state index contributed by atoms with van der Waals surface area (Å²) in [7, 11) is 0. The minimum Gasteiger partial charge on any atom is -0.481 e. The van der Waals surface area contributed by atoms with Crippen LogP contribution in [0.5, 0.6) is 0 Å². The fourth-order valence-electron chi connectivity index (χ4n) is 2.10. The first-order chi connectivity index (χ1) is 8.59. The van der Waals surface area contributed by atoms with Gasteiger partial charge in [0.05, 0.1) is 17.2 Å². The number of aliphatic carboxylic acids is 1. The molecule has 18 heavy (non-hydrogen) atoms. The van der Waals surface area contributed by atoms with Gasteiger partial charge in [0.15, 0.2) is 0 Å². The van der Waals surface area contributed by atoms with E-state index in [0.29, 0.717) is 37.2 Å². The molecular weight excluding hydrogens is 234 g/mol. The maximum absolute atomic E-state index is 12.2. The second-order valence-corrected chi connectivity index (χ2v) is 4.43. The van der Waals surface area contributed by atoms with Gasteiger partial charge in [0.2, 0.25) is 0 Å². The number of hydrogen-bond donors (Lipinski definition) is 1. The average molecular weight is 249 g/mol. The van der Waals surface area contributed by atoms with Crippen molar-refractivity contribution in [3.05, 3.63) is 23.8 Å². The number of carbonyl (C=O) groups excluding carboxylic acids is 1. The zero-order valence-electron chi connectivity index (χ0n) is 10.2. The molecule has 6 nitrogen and oxygen atoms in total. The highest BCUT2D eigenvalue weighted by molar-refractivity contribution is 5.95. The van der Waals surface area contributed by atoms with Crippen molar-refractivity contribution in [3.63, 3.8) is 0 Å². The molecule has 0 radical (unpaired) electrons. The van der Waals surface area contributed by atoms with Gasteiger partial charge in [0.25, 0.3) is 5.91 Å². The zero-order valence-corrected chi connectivity index (χ0v) is 10.2. The topological polar surface area (TPSA) is 83.4 Å². The van der Waals surface area contributed by atoms with Gasteiger partial charge >= 0.3 is 5.97 Å². The Morgan fingerprint density at radius 3 is 2.61 bits per heavy atom. The summed E-state index contributed by atoms with van der Waals surface area (Å²) in [6, 6.07) is 0. The molecule has 1 N–H and O–H groups in total. The van der Waals surface area contributed by atoms with Crippen LogP contribution < -0.4 is 0 Å². The number of aromatic nitrogens is 2. The Morgan fingerprint density at radius 1 is 1.39 bits per heavy atom. The molecule has 1 saturated heterocycles. The fraction of sp³-hybridized carbons (Fsp3) is 0.500. The molecule has 0 atom stereocenters. The van der Waals surface area contributed by atoms with Crippen molar-refractivity contribution in [1.82, 2.24) is 14.9 Å². The number of aryl methyl sites for hydroxylation is 1. The number of piperidine rings is 1. The molecule has 0 aliphatic carbocycles. The van der Waals surface area contributed by atoms with Crippen LogP contribution >= 0.6 is 0 Å². The number of hydrogen-bond acceptors (Lipinski definition) is 4. The molecule has 0 unspecified atom stereocenters. The van der Waals surface area contributed by atoms with Gasteiger partial charge in [-0.25, -0.2) is 9.97 Å². The Morgan fingerprint density at radius 2 is 2.06 bits per heavy atom. The maximum atomic E-state index is 12.2. The van der Waals surface area contributed by atoms with Crippen LogP contribution in [-0.2, 0) is 4.79 Å². The van der Waals surface area contributed by atoms with E-state index < -0.39 is 5.97 Å². The predicted molar refractivity (Wildman–Crippen MR) is 63.0 cm³/mol. The summed E-state index contributed by atoms with van der Waals surface area (Å²) in [5.74, 6) is -1.22. The van der Waals surface area contributed by atoms with Gasteiger partial charge in [-0.05, 0) is 19.8 Å². The van der Waals surface area contributed by atoms with Crippen LogP contribution in [0, 0.1) is 12.8 Å². The van der Waals surface area contributed by atoms with Crippen molar-refractivity contribution < 1.29 is 14.7 Å². The lowest BCUT2D eigenvalue weighted by molar-refractivity contribution is -0.143. The van der Waals surface area contributed by atoms with Gasteiger partial charge in [-0.2, -0.15) is 0 Å². The minimum absolute atomic E-state index is 0.114. The summed E-state index contributed by atoms with van der Waals surface area (Å²) in [4.78, 5) is 32.5. The van der Waals surface area contributed by atoms with E-state index in [1.165, 1.54) is 12.5 Å². The van der Waals surface area contributed by atoms with E-state index in [2.05, 4.69) is 9.97 Å². The molecule has 2 heterocycles. The van der Waals surface area contributed by atoms with Crippen molar-refractivity contribution in [2.75, 3.05) is 13.1 Å². The van der Waals surface area contributed by atoms with E-state index in [1.807, 2.05) is 0 Å². The number of carboxylic acid groups (broad SMARTS) is 1. The molecule has 0 spiro atoms. The third-order valence-corrected chi connectivity index (χ3v) is 3.27. The maximum Gasteiger partial charge on any atom is 0.306 e. The van der Waals surface area contributed by atoms with E-state index in [1.54, 1.807) is 11.8 Å². The summed E-state index contributed by atoms with van der Waals surface area (Å²) >= 11 is 0. The minimum atomic E-state index is -0.777.